The highest BCUT2D eigenvalue weighted by Gasteiger charge is 2.22. The number of hydrogen-bond acceptors (Lipinski definition) is 3. The predicted molar refractivity (Wildman–Crippen MR) is 105 cm³/mol. The van der Waals surface area contributed by atoms with Gasteiger partial charge in [-0.1, -0.05) is 0 Å². The molecule has 8 heteroatoms. The Morgan fingerprint density at radius 2 is 1.81 bits per heavy atom. The third-order valence-corrected chi connectivity index (χ3v) is 6.13. The van der Waals surface area contributed by atoms with E-state index in [1.54, 1.807) is 0 Å². The number of rotatable bonds is 7. The maximum absolute atomic E-state index is 11.4. The average Bonchev–Trinajstić information content (AvgIpc) is 2.38. The zero-order valence-electron chi connectivity index (χ0n) is 10.9. The summed E-state index contributed by atoms with van der Waals surface area (Å²) in [6, 6.07) is 1.93. The number of anilines is 1. The minimum atomic E-state index is -0.901. The van der Waals surface area contributed by atoms with Gasteiger partial charge in [-0.3, -0.25) is 9.59 Å². The maximum Gasteiger partial charge on any atom is 0.306 e. The monoisotopic (exact) mass is 629 g/mol. The number of carboxylic acids is 2. The van der Waals surface area contributed by atoms with E-state index in [0.29, 0.717) is 24.9 Å². The van der Waals surface area contributed by atoms with Gasteiger partial charge in [0.2, 0.25) is 0 Å². The Morgan fingerprint density at radius 3 is 2.33 bits per heavy atom. The van der Waals surface area contributed by atoms with Gasteiger partial charge < -0.3 is 15.9 Å². The third-order valence-electron chi connectivity index (χ3n) is 3.04. The van der Waals surface area contributed by atoms with Gasteiger partial charge in [0.25, 0.3) is 0 Å². The summed E-state index contributed by atoms with van der Waals surface area (Å²) >= 11 is 6.47. The molecule has 1 rings (SSSR count). The molecule has 116 valence electrons. The highest BCUT2D eigenvalue weighted by molar-refractivity contribution is 14.1. The van der Waals surface area contributed by atoms with Crippen molar-refractivity contribution in [1.82, 2.24) is 0 Å². The summed E-state index contributed by atoms with van der Waals surface area (Å²) in [5, 5.41) is 18.0. The first-order chi connectivity index (χ1) is 9.73. The maximum atomic E-state index is 11.4. The molecule has 1 atom stereocenters. The van der Waals surface area contributed by atoms with Crippen LogP contribution in [0, 0.1) is 16.6 Å². The van der Waals surface area contributed by atoms with Crippen LogP contribution in [0.5, 0.6) is 0 Å². The van der Waals surface area contributed by atoms with E-state index in [2.05, 4.69) is 67.8 Å². The van der Waals surface area contributed by atoms with E-state index in [0.717, 1.165) is 16.3 Å². The summed E-state index contributed by atoms with van der Waals surface area (Å²) in [5.74, 6) is -2.39. The third kappa shape index (κ3) is 5.69. The van der Waals surface area contributed by atoms with Crippen molar-refractivity contribution in [3.8, 4) is 0 Å². The lowest BCUT2D eigenvalue weighted by Gasteiger charge is -2.16. The molecule has 1 aromatic rings. The van der Waals surface area contributed by atoms with Crippen molar-refractivity contribution in [1.29, 1.82) is 0 Å². The largest absolute Gasteiger partial charge is 0.481 e. The van der Waals surface area contributed by atoms with Gasteiger partial charge in [0.15, 0.2) is 0 Å². The molecule has 0 saturated heterocycles. The molecule has 4 N–H and O–H groups in total. The van der Waals surface area contributed by atoms with Gasteiger partial charge in [-0.15, -0.1) is 0 Å². The van der Waals surface area contributed by atoms with Gasteiger partial charge in [0, 0.05) is 17.1 Å². The van der Waals surface area contributed by atoms with Gasteiger partial charge in [-0.2, -0.15) is 0 Å². The minimum Gasteiger partial charge on any atom is -0.481 e. The molecular weight excluding hydrogens is 615 g/mol. The topological polar surface area (TPSA) is 101 Å². The van der Waals surface area contributed by atoms with E-state index >= 15 is 0 Å². The molecule has 0 saturated carbocycles. The van der Waals surface area contributed by atoms with Crippen LogP contribution in [0.15, 0.2) is 6.07 Å². The molecule has 0 spiro atoms. The van der Waals surface area contributed by atoms with E-state index in [9.17, 15) is 14.7 Å². The SMILES string of the molecule is Nc1c(I)cc(I)c(CC(CCCC(=O)O)C(=O)O)c1I. The summed E-state index contributed by atoms with van der Waals surface area (Å²) in [6.45, 7) is 0. The lowest BCUT2D eigenvalue weighted by Crippen LogP contribution is -2.18. The summed E-state index contributed by atoms with van der Waals surface area (Å²) in [5.41, 5.74) is 7.60. The highest BCUT2D eigenvalue weighted by Crippen LogP contribution is 2.31. The summed E-state index contributed by atoms with van der Waals surface area (Å²) in [7, 11) is 0. The van der Waals surface area contributed by atoms with E-state index in [1.165, 1.54) is 0 Å². The number of carboxylic acid groups (broad SMARTS) is 2. The molecule has 0 aliphatic rings. The second-order valence-corrected chi connectivity index (χ2v) is 7.97. The van der Waals surface area contributed by atoms with Crippen molar-refractivity contribution in [2.75, 3.05) is 5.73 Å². The zero-order chi connectivity index (χ0) is 16.2. The summed E-state index contributed by atoms with van der Waals surface area (Å²) in [6.07, 6.45) is 1.07. The normalized spacial score (nSPS) is 12.1. The quantitative estimate of drug-likeness (QED) is 0.317. The first-order valence-electron chi connectivity index (χ1n) is 6.10. The average molecular weight is 629 g/mol. The van der Waals surface area contributed by atoms with Crippen molar-refractivity contribution < 1.29 is 19.8 Å². The number of nitrogens with two attached hydrogens (primary N) is 1. The molecule has 1 aromatic carbocycles. The fraction of sp³-hybridized carbons (Fsp3) is 0.385. The Labute approximate surface area is 163 Å². The molecule has 0 fully saturated rings. The molecule has 21 heavy (non-hydrogen) atoms. The Hall–Kier alpha value is 0.150. The van der Waals surface area contributed by atoms with Crippen molar-refractivity contribution in [3.63, 3.8) is 0 Å². The predicted octanol–water partition coefficient (Wildman–Crippen LogP) is 3.58. The fourth-order valence-electron chi connectivity index (χ4n) is 1.89. The van der Waals surface area contributed by atoms with Gasteiger partial charge in [0.1, 0.15) is 0 Å². The number of aliphatic carboxylic acids is 2. The molecule has 0 bridgehead atoms. The van der Waals surface area contributed by atoms with E-state index < -0.39 is 17.9 Å². The smallest absolute Gasteiger partial charge is 0.306 e. The minimum absolute atomic E-state index is 0.00715. The Morgan fingerprint density at radius 1 is 1.19 bits per heavy atom. The van der Waals surface area contributed by atoms with Gasteiger partial charge >= 0.3 is 11.9 Å². The van der Waals surface area contributed by atoms with Crippen LogP contribution >= 0.6 is 67.8 Å². The van der Waals surface area contributed by atoms with E-state index in [1.807, 2.05) is 6.07 Å². The first kappa shape index (κ1) is 19.2. The van der Waals surface area contributed by atoms with Crippen LogP contribution in [0.2, 0.25) is 0 Å². The summed E-state index contributed by atoms with van der Waals surface area (Å²) in [4.78, 5) is 21.9. The number of carbonyl (C=O) groups is 2. The second kappa shape index (κ2) is 8.70. The molecule has 0 radical (unpaired) electrons. The van der Waals surface area contributed by atoms with Gasteiger partial charge in [0.05, 0.1) is 11.6 Å². The van der Waals surface area contributed by atoms with Crippen molar-refractivity contribution in [2.24, 2.45) is 5.92 Å². The molecule has 0 aliphatic carbocycles. The number of hydrogen-bond donors (Lipinski definition) is 3. The lowest BCUT2D eigenvalue weighted by molar-refractivity contribution is -0.143. The second-order valence-electron chi connectivity index (χ2n) is 4.57. The lowest BCUT2D eigenvalue weighted by atomic mass is 9.94. The van der Waals surface area contributed by atoms with Crippen LogP contribution in [0.25, 0.3) is 0 Å². The van der Waals surface area contributed by atoms with E-state index in [-0.39, 0.29) is 6.42 Å². The zero-order valence-corrected chi connectivity index (χ0v) is 17.4. The molecule has 0 heterocycles. The molecule has 1 unspecified atom stereocenters. The molecule has 5 nitrogen and oxygen atoms in total. The summed E-state index contributed by atoms with van der Waals surface area (Å²) < 4.78 is 2.82. The van der Waals surface area contributed by atoms with Gasteiger partial charge in [-0.05, 0) is 98.7 Å². The van der Waals surface area contributed by atoms with Crippen LogP contribution in [-0.4, -0.2) is 22.2 Å². The van der Waals surface area contributed by atoms with Gasteiger partial charge in [-0.25, -0.2) is 0 Å². The highest BCUT2D eigenvalue weighted by atomic mass is 127. The Kier molecular flexibility index (Phi) is 7.95. The van der Waals surface area contributed by atoms with E-state index in [4.69, 9.17) is 10.8 Å². The number of benzene rings is 1. The number of halogens is 3. The van der Waals surface area contributed by atoms with Crippen LogP contribution in [0.1, 0.15) is 24.8 Å². The van der Waals surface area contributed by atoms with Crippen molar-refractivity contribution in [3.05, 3.63) is 22.3 Å². The van der Waals surface area contributed by atoms with Crippen LogP contribution in [0.3, 0.4) is 0 Å². The number of nitrogen functional groups attached to an aromatic ring is 1. The van der Waals surface area contributed by atoms with Crippen LogP contribution in [0.4, 0.5) is 5.69 Å². The molecular formula is C13H14I3NO4. The molecule has 0 aromatic heterocycles. The Bertz CT molecular complexity index is 563. The molecule has 0 amide bonds. The first-order valence-corrected chi connectivity index (χ1v) is 9.34. The Balaban J connectivity index is 2.92. The van der Waals surface area contributed by atoms with Crippen LogP contribution in [-0.2, 0) is 16.0 Å². The molecule has 0 aliphatic heterocycles. The van der Waals surface area contributed by atoms with Crippen molar-refractivity contribution >= 4 is 85.4 Å². The van der Waals surface area contributed by atoms with Crippen LogP contribution < -0.4 is 5.73 Å². The fourth-order valence-corrected chi connectivity index (χ4v) is 5.71. The standard InChI is InChI=1S/C13H14I3NO4/c14-8-5-9(15)12(17)11(16)7(8)4-6(13(20)21)2-1-3-10(18)19/h5-6H,1-4,17H2,(H,18,19)(H,20,21). The van der Waals surface area contributed by atoms with Crippen molar-refractivity contribution in [2.45, 2.75) is 25.7 Å².